The van der Waals surface area contributed by atoms with Crippen molar-refractivity contribution >= 4 is 11.8 Å². The van der Waals surface area contributed by atoms with Gasteiger partial charge in [-0.05, 0) is 12.5 Å². The molecule has 0 aliphatic heterocycles. The topological polar surface area (TPSA) is 63.6 Å². The fourth-order valence-electron chi connectivity index (χ4n) is 1.25. The van der Waals surface area contributed by atoms with E-state index in [0.717, 1.165) is 5.56 Å². The van der Waals surface area contributed by atoms with Gasteiger partial charge in [0.1, 0.15) is 6.42 Å². The Labute approximate surface area is 93.9 Å². The lowest BCUT2D eigenvalue weighted by Gasteiger charge is -2.02. The minimum absolute atomic E-state index is 0.379. The summed E-state index contributed by atoms with van der Waals surface area (Å²) in [5.41, 5.74) is 1.39. The number of carbonyl (C=O) groups excluding carboxylic acids is 1. The molecule has 0 atom stereocenters. The minimum atomic E-state index is -1.11. The predicted molar refractivity (Wildman–Crippen MR) is 58.4 cm³/mol. The molecule has 4 heteroatoms. The molecule has 0 aliphatic rings. The number of carboxylic acids is 1. The van der Waals surface area contributed by atoms with Gasteiger partial charge in [-0.3, -0.25) is 9.59 Å². The Balaban J connectivity index is 2.63. The zero-order valence-corrected chi connectivity index (χ0v) is 9.10. The molecule has 0 unspecified atom stereocenters. The van der Waals surface area contributed by atoms with E-state index in [-0.39, 0.29) is 5.78 Å². The quantitative estimate of drug-likeness (QED) is 0.589. The van der Waals surface area contributed by atoms with Crippen LogP contribution in [0.1, 0.15) is 29.3 Å². The van der Waals surface area contributed by atoms with Gasteiger partial charge in [-0.1, -0.05) is 24.3 Å². The van der Waals surface area contributed by atoms with Crippen molar-refractivity contribution in [1.82, 2.24) is 0 Å². The molecular formula is C12H14O4. The van der Waals surface area contributed by atoms with Gasteiger partial charge in [0, 0.05) is 12.2 Å². The van der Waals surface area contributed by atoms with E-state index in [0.29, 0.717) is 18.8 Å². The van der Waals surface area contributed by atoms with Gasteiger partial charge in [-0.2, -0.15) is 0 Å². The second-order valence-electron chi connectivity index (χ2n) is 3.33. The molecule has 0 spiro atoms. The Morgan fingerprint density at radius 2 is 1.88 bits per heavy atom. The summed E-state index contributed by atoms with van der Waals surface area (Å²) in [7, 11) is 0. The first-order chi connectivity index (χ1) is 7.63. The summed E-state index contributed by atoms with van der Waals surface area (Å²) >= 11 is 0. The monoisotopic (exact) mass is 222 g/mol. The molecule has 0 aliphatic carbocycles. The summed E-state index contributed by atoms with van der Waals surface area (Å²) in [4.78, 5) is 21.7. The first-order valence-corrected chi connectivity index (χ1v) is 5.05. The van der Waals surface area contributed by atoms with E-state index in [1.807, 2.05) is 6.92 Å². The van der Waals surface area contributed by atoms with Gasteiger partial charge in [0.2, 0.25) is 0 Å². The van der Waals surface area contributed by atoms with E-state index < -0.39 is 12.4 Å². The summed E-state index contributed by atoms with van der Waals surface area (Å²) in [5, 5.41) is 8.48. The third-order valence-electron chi connectivity index (χ3n) is 2.06. The summed E-state index contributed by atoms with van der Waals surface area (Å²) in [6, 6.07) is 6.79. The van der Waals surface area contributed by atoms with Crippen LogP contribution in [0, 0.1) is 0 Å². The SMILES string of the molecule is CCOCc1ccc(C(=O)CC(=O)O)cc1. The second-order valence-corrected chi connectivity index (χ2v) is 3.33. The van der Waals surface area contributed by atoms with Crippen molar-refractivity contribution in [3.05, 3.63) is 35.4 Å². The molecule has 1 aromatic carbocycles. The van der Waals surface area contributed by atoms with Crippen LogP contribution in [0.3, 0.4) is 0 Å². The molecule has 1 rings (SSSR count). The summed E-state index contributed by atoms with van der Waals surface area (Å²) in [5.74, 6) is -1.49. The highest BCUT2D eigenvalue weighted by Gasteiger charge is 2.09. The van der Waals surface area contributed by atoms with Crippen molar-refractivity contribution in [1.29, 1.82) is 0 Å². The van der Waals surface area contributed by atoms with E-state index in [9.17, 15) is 9.59 Å². The predicted octanol–water partition coefficient (Wildman–Crippen LogP) is 1.88. The van der Waals surface area contributed by atoms with E-state index >= 15 is 0 Å². The molecule has 1 N–H and O–H groups in total. The molecule has 0 bridgehead atoms. The van der Waals surface area contributed by atoms with Crippen molar-refractivity contribution in [2.75, 3.05) is 6.61 Å². The molecule has 4 nitrogen and oxygen atoms in total. The van der Waals surface area contributed by atoms with Crippen LogP contribution in [-0.2, 0) is 16.1 Å². The molecule has 0 saturated heterocycles. The number of benzene rings is 1. The van der Waals surface area contributed by atoms with E-state index in [1.54, 1.807) is 24.3 Å². The Hall–Kier alpha value is -1.68. The largest absolute Gasteiger partial charge is 0.481 e. The van der Waals surface area contributed by atoms with E-state index in [4.69, 9.17) is 9.84 Å². The first-order valence-electron chi connectivity index (χ1n) is 5.05. The molecule has 0 amide bonds. The molecule has 16 heavy (non-hydrogen) atoms. The van der Waals surface area contributed by atoms with Crippen LogP contribution in [0.15, 0.2) is 24.3 Å². The molecule has 0 aromatic heterocycles. The number of Topliss-reactive ketones (excluding diaryl/α,β-unsaturated/α-hetero) is 1. The van der Waals surface area contributed by atoms with Crippen LogP contribution in [0.4, 0.5) is 0 Å². The van der Waals surface area contributed by atoms with Crippen LogP contribution < -0.4 is 0 Å². The third kappa shape index (κ3) is 3.82. The Bertz CT molecular complexity index is 367. The number of ether oxygens (including phenoxy) is 1. The summed E-state index contributed by atoms with van der Waals surface area (Å²) < 4.78 is 5.21. The van der Waals surface area contributed by atoms with E-state index in [2.05, 4.69) is 0 Å². The van der Waals surface area contributed by atoms with Crippen molar-refractivity contribution in [2.24, 2.45) is 0 Å². The normalized spacial score (nSPS) is 10.1. The van der Waals surface area contributed by atoms with Crippen LogP contribution in [0.5, 0.6) is 0 Å². The lowest BCUT2D eigenvalue weighted by Crippen LogP contribution is -2.06. The molecule has 1 aromatic rings. The van der Waals surface area contributed by atoms with Crippen molar-refractivity contribution in [3.63, 3.8) is 0 Å². The third-order valence-corrected chi connectivity index (χ3v) is 2.06. The van der Waals surface area contributed by atoms with Crippen LogP contribution in [-0.4, -0.2) is 23.5 Å². The smallest absolute Gasteiger partial charge is 0.311 e. The summed E-state index contributed by atoms with van der Waals surface area (Å²) in [6.45, 7) is 3.05. The van der Waals surface area contributed by atoms with Crippen molar-refractivity contribution in [3.8, 4) is 0 Å². The molecule has 0 radical (unpaired) electrons. The number of ketones is 1. The van der Waals surface area contributed by atoms with Gasteiger partial charge >= 0.3 is 5.97 Å². The van der Waals surface area contributed by atoms with Crippen molar-refractivity contribution in [2.45, 2.75) is 20.0 Å². The fraction of sp³-hybridized carbons (Fsp3) is 0.333. The highest BCUT2D eigenvalue weighted by molar-refractivity contribution is 6.05. The van der Waals surface area contributed by atoms with E-state index in [1.165, 1.54) is 0 Å². The van der Waals surface area contributed by atoms with Crippen LogP contribution >= 0.6 is 0 Å². The maximum Gasteiger partial charge on any atom is 0.311 e. The van der Waals surface area contributed by atoms with Crippen LogP contribution in [0.2, 0.25) is 0 Å². The number of carboxylic acid groups (broad SMARTS) is 1. The lowest BCUT2D eigenvalue weighted by atomic mass is 10.1. The Morgan fingerprint density at radius 3 is 2.38 bits per heavy atom. The molecule has 0 heterocycles. The zero-order valence-electron chi connectivity index (χ0n) is 9.10. The Morgan fingerprint density at radius 1 is 1.25 bits per heavy atom. The highest BCUT2D eigenvalue weighted by atomic mass is 16.5. The van der Waals surface area contributed by atoms with Crippen LogP contribution in [0.25, 0.3) is 0 Å². The number of aliphatic carboxylic acids is 1. The zero-order chi connectivity index (χ0) is 12.0. The molecular weight excluding hydrogens is 208 g/mol. The second kappa shape index (κ2) is 6.02. The Kier molecular flexibility index (Phi) is 4.66. The molecule has 86 valence electrons. The first kappa shape index (κ1) is 12.4. The standard InChI is InChI=1S/C12H14O4/c1-2-16-8-9-3-5-10(6-4-9)11(13)7-12(14)15/h3-6H,2,7-8H2,1H3,(H,14,15). The molecule has 0 fully saturated rings. The number of hydrogen-bond acceptors (Lipinski definition) is 3. The van der Waals surface area contributed by atoms with Gasteiger partial charge in [-0.25, -0.2) is 0 Å². The number of hydrogen-bond donors (Lipinski definition) is 1. The van der Waals surface area contributed by atoms with Gasteiger partial charge in [0.15, 0.2) is 5.78 Å². The highest BCUT2D eigenvalue weighted by Crippen LogP contribution is 2.08. The van der Waals surface area contributed by atoms with Gasteiger partial charge < -0.3 is 9.84 Å². The number of carbonyl (C=O) groups is 2. The maximum atomic E-state index is 11.4. The van der Waals surface area contributed by atoms with Gasteiger partial charge in [-0.15, -0.1) is 0 Å². The average Bonchev–Trinajstić information content (AvgIpc) is 2.26. The lowest BCUT2D eigenvalue weighted by molar-refractivity contribution is -0.135. The summed E-state index contributed by atoms with van der Waals surface area (Å²) in [6.07, 6.45) is -0.467. The average molecular weight is 222 g/mol. The maximum absolute atomic E-state index is 11.4. The fourth-order valence-corrected chi connectivity index (χ4v) is 1.25. The minimum Gasteiger partial charge on any atom is -0.481 e. The van der Waals surface area contributed by atoms with Crippen molar-refractivity contribution < 1.29 is 19.4 Å². The number of rotatable bonds is 6. The van der Waals surface area contributed by atoms with Gasteiger partial charge in [0.05, 0.1) is 6.61 Å². The molecule has 0 saturated carbocycles. The van der Waals surface area contributed by atoms with Gasteiger partial charge in [0.25, 0.3) is 0 Å².